The average Bonchev–Trinajstić information content (AvgIpc) is 2.78. The van der Waals surface area contributed by atoms with Crippen molar-refractivity contribution in [2.45, 2.75) is 71.4 Å². The molecule has 0 aromatic rings. The Labute approximate surface area is 107 Å². The van der Waals surface area contributed by atoms with Gasteiger partial charge < -0.3 is 10.1 Å². The molecule has 2 nitrogen and oxygen atoms in total. The predicted octanol–water partition coefficient (Wildman–Crippen LogP) is 3.36. The van der Waals surface area contributed by atoms with Crippen molar-refractivity contribution in [3.8, 4) is 0 Å². The zero-order valence-electron chi connectivity index (χ0n) is 11.8. The molecule has 0 aromatic carbocycles. The van der Waals surface area contributed by atoms with Gasteiger partial charge in [-0.2, -0.15) is 0 Å². The maximum atomic E-state index is 5.93. The normalized spacial score (nSPS) is 31.1. The summed E-state index contributed by atoms with van der Waals surface area (Å²) in [5, 5.41) is 3.79. The lowest BCUT2D eigenvalue weighted by Crippen LogP contribution is -2.62. The van der Waals surface area contributed by atoms with Crippen LogP contribution in [0.25, 0.3) is 0 Å². The second kappa shape index (κ2) is 5.71. The van der Waals surface area contributed by atoms with Crippen molar-refractivity contribution >= 4 is 0 Å². The number of hydrogen-bond donors (Lipinski definition) is 1. The molecule has 0 saturated heterocycles. The standard InChI is InChI=1S/C15H29NO/c1-4-17-14-11-13(16-10-7-12(2)3)15(14)8-5-6-9-15/h12-14,16H,4-11H2,1-3H3. The summed E-state index contributed by atoms with van der Waals surface area (Å²) in [5.41, 5.74) is 0.507. The highest BCUT2D eigenvalue weighted by atomic mass is 16.5. The minimum absolute atomic E-state index is 0.507. The van der Waals surface area contributed by atoms with Gasteiger partial charge in [0.1, 0.15) is 0 Å². The van der Waals surface area contributed by atoms with Gasteiger partial charge in [0.15, 0.2) is 0 Å². The zero-order valence-corrected chi connectivity index (χ0v) is 11.8. The van der Waals surface area contributed by atoms with Gasteiger partial charge in [0.2, 0.25) is 0 Å². The Morgan fingerprint density at radius 2 is 2.00 bits per heavy atom. The van der Waals surface area contributed by atoms with Crippen molar-refractivity contribution in [3.05, 3.63) is 0 Å². The Morgan fingerprint density at radius 1 is 1.29 bits per heavy atom. The fraction of sp³-hybridized carbons (Fsp3) is 1.00. The minimum Gasteiger partial charge on any atom is -0.378 e. The lowest BCUT2D eigenvalue weighted by Gasteiger charge is -2.54. The van der Waals surface area contributed by atoms with Crippen LogP contribution in [0.2, 0.25) is 0 Å². The van der Waals surface area contributed by atoms with Gasteiger partial charge in [-0.1, -0.05) is 26.7 Å². The van der Waals surface area contributed by atoms with Crippen LogP contribution in [-0.2, 0) is 4.74 Å². The molecule has 2 unspecified atom stereocenters. The molecule has 2 aliphatic rings. The smallest absolute Gasteiger partial charge is 0.0661 e. The van der Waals surface area contributed by atoms with Crippen LogP contribution in [-0.4, -0.2) is 25.3 Å². The van der Waals surface area contributed by atoms with E-state index in [2.05, 4.69) is 26.1 Å². The van der Waals surface area contributed by atoms with Crippen molar-refractivity contribution in [2.24, 2.45) is 11.3 Å². The van der Waals surface area contributed by atoms with Crippen LogP contribution in [0.4, 0.5) is 0 Å². The first-order valence-corrected chi connectivity index (χ1v) is 7.54. The molecule has 100 valence electrons. The Kier molecular flexibility index (Phi) is 4.48. The van der Waals surface area contributed by atoms with Gasteiger partial charge in [-0.3, -0.25) is 0 Å². The number of ether oxygens (including phenoxy) is 1. The SMILES string of the molecule is CCOC1CC(NCCC(C)C)C12CCCC2. The minimum atomic E-state index is 0.507. The van der Waals surface area contributed by atoms with Gasteiger partial charge >= 0.3 is 0 Å². The quantitative estimate of drug-likeness (QED) is 0.767. The molecule has 1 N–H and O–H groups in total. The molecule has 0 heterocycles. The van der Waals surface area contributed by atoms with Gasteiger partial charge in [-0.05, 0) is 45.1 Å². The Morgan fingerprint density at radius 3 is 2.59 bits per heavy atom. The van der Waals surface area contributed by atoms with Crippen molar-refractivity contribution in [3.63, 3.8) is 0 Å². The van der Waals surface area contributed by atoms with E-state index in [1.807, 2.05) is 0 Å². The van der Waals surface area contributed by atoms with Crippen LogP contribution in [0.15, 0.2) is 0 Å². The van der Waals surface area contributed by atoms with Gasteiger partial charge in [0, 0.05) is 18.1 Å². The summed E-state index contributed by atoms with van der Waals surface area (Å²) >= 11 is 0. The summed E-state index contributed by atoms with van der Waals surface area (Å²) in [7, 11) is 0. The topological polar surface area (TPSA) is 21.3 Å². The maximum Gasteiger partial charge on any atom is 0.0661 e. The number of rotatable bonds is 6. The molecule has 2 aliphatic carbocycles. The van der Waals surface area contributed by atoms with E-state index in [-0.39, 0.29) is 0 Å². The van der Waals surface area contributed by atoms with E-state index >= 15 is 0 Å². The molecule has 2 heteroatoms. The molecule has 0 aliphatic heterocycles. The molecule has 0 aromatic heterocycles. The first-order valence-electron chi connectivity index (χ1n) is 7.54. The van der Waals surface area contributed by atoms with E-state index < -0.39 is 0 Å². The summed E-state index contributed by atoms with van der Waals surface area (Å²) < 4.78 is 5.93. The van der Waals surface area contributed by atoms with Crippen LogP contribution in [0.1, 0.15) is 59.3 Å². The summed E-state index contributed by atoms with van der Waals surface area (Å²) in [6.45, 7) is 8.80. The third kappa shape index (κ3) is 2.68. The third-order valence-corrected chi connectivity index (χ3v) is 4.80. The fourth-order valence-electron chi connectivity index (χ4n) is 3.72. The van der Waals surface area contributed by atoms with Crippen LogP contribution in [0, 0.1) is 11.3 Å². The van der Waals surface area contributed by atoms with Gasteiger partial charge in [0.25, 0.3) is 0 Å². The second-order valence-electron chi connectivity index (χ2n) is 6.31. The number of hydrogen-bond acceptors (Lipinski definition) is 2. The van der Waals surface area contributed by atoms with Gasteiger partial charge in [0.05, 0.1) is 6.10 Å². The summed E-state index contributed by atoms with van der Waals surface area (Å²) in [5.74, 6) is 0.810. The summed E-state index contributed by atoms with van der Waals surface area (Å²) in [6, 6.07) is 0.736. The molecular formula is C15H29NO. The van der Waals surface area contributed by atoms with E-state index in [1.54, 1.807) is 0 Å². The van der Waals surface area contributed by atoms with Crippen LogP contribution in [0.5, 0.6) is 0 Å². The molecule has 2 rings (SSSR count). The highest BCUT2D eigenvalue weighted by Crippen LogP contribution is 2.54. The lowest BCUT2D eigenvalue weighted by atomic mass is 9.60. The molecule has 0 amide bonds. The molecule has 2 fully saturated rings. The number of nitrogens with one attached hydrogen (secondary N) is 1. The van der Waals surface area contributed by atoms with E-state index in [9.17, 15) is 0 Å². The van der Waals surface area contributed by atoms with Crippen molar-refractivity contribution in [1.29, 1.82) is 0 Å². The van der Waals surface area contributed by atoms with Gasteiger partial charge in [-0.15, -0.1) is 0 Å². The molecule has 0 bridgehead atoms. The molecule has 2 atom stereocenters. The van der Waals surface area contributed by atoms with Crippen LogP contribution >= 0.6 is 0 Å². The Balaban J connectivity index is 1.82. The van der Waals surface area contributed by atoms with E-state index in [4.69, 9.17) is 4.74 Å². The average molecular weight is 239 g/mol. The predicted molar refractivity (Wildman–Crippen MR) is 72.2 cm³/mol. The third-order valence-electron chi connectivity index (χ3n) is 4.80. The monoisotopic (exact) mass is 239 g/mol. The maximum absolute atomic E-state index is 5.93. The largest absolute Gasteiger partial charge is 0.378 e. The fourth-order valence-corrected chi connectivity index (χ4v) is 3.72. The van der Waals surface area contributed by atoms with Crippen molar-refractivity contribution in [2.75, 3.05) is 13.2 Å². The first kappa shape index (κ1) is 13.4. The highest BCUT2D eigenvalue weighted by Gasteiger charge is 2.56. The zero-order chi connectivity index (χ0) is 12.3. The van der Waals surface area contributed by atoms with E-state index in [1.165, 1.54) is 45.1 Å². The van der Waals surface area contributed by atoms with Crippen LogP contribution in [0.3, 0.4) is 0 Å². The molecule has 2 saturated carbocycles. The molecule has 1 spiro atoms. The molecular weight excluding hydrogens is 210 g/mol. The summed E-state index contributed by atoms with van der Waals surface area (Å²) in [4.78, 5) is 0. The molecule has 17 heavy (non-hydrogen) atoms. The molecule has 0 radical (unpaired) electrons. The highest BCUT2D eigenvalue weighted by molar-refractivity contribution is 5.09. The summed E-state index contributed by atoms with van der Waals surface area (Å²) in [6.07, 6.45) is 8.68. The van der Waals surface area contributed by atoms with Crippen molar-refractivity contribution < 1.29 is 4.74 Å². The first-order chi connectivity index (χ1) is 8.19. The lowest BCUT2D eigenvalue weighted by molar-refractivity contribution is -0.130. The second-order valence-corrected chi connectivity index (χ2v) is 6.31. The van der Waals surface area contributed by atoms with Crippen molar-refractivity contribution in [1.82, 2.24) is 5.32 Å². The Bertz CT molecular complexity index is 233. The van der Waals surface area contributed by atoms with E-state index in [0.29, 0.717) is 11.5 Å². The Hall–Kier alpha value is -0.0800. The van der Waals surface area contributed by atoms with E-state index in [0.717, 1.165) is 18.6 Å². The van der Waals surface area contributed by atoms with Gasteiger partial charge in [-0.25, -0.2) is 0 Å². The van der Waals surface area contributed by atoms with Crippen LogP contribution < -0.4 is 5.32 Å².